The molecular weight excluding hydrogens is 386 g/mol. The standard InChI is InChI=1S/C19H22BrNO2S/c1-15(16-5-3-2-4-6-16)21-19(22)11-13-24-14-12-23-18-9-7-17(20)8-10-18/h2-10,15H,11-14H2,1H3,(H,21,22). The highest BCUT2D eigenvalue weighted by atomic mass is 79.9. The van der Waals surface area contributed by atoms with Crippen molar-refractivity contribution in [1.29, 1.82) is 0 Å². The van der Waals surface area contributed by atoms with Crippen molar-refractivity contribution in [3.05, 3.63) is 64.6 Å². The first-order valence-corrected chi connectivity index (χ1v) is 9.90. The summed E-state index contributed by atoms with van der Waals surface area (Å²) < 4.78 is 6.69. The van der Waals surface area contributed by atoms with E-state index in [2.05, 4.69) is 21.2 Å². The molecule has 2 aromatic rings. The molecule has 0 fully saturated rings. The van der Waals surface area contributed by atoms with Gasteiger partial charge in [-0.05, 0) is 36.8 Å². The second-order valence-electron chi connectivity index (χ2n) is 5.36. The number of carbonyl (C=O) groups is 1. The fourth-order valence-electron chi connectivity index (χ4n) is 2.15. The zero-order valence-corrected chi connectivity index (χ0v) is 16.1. The number of carbonyl (C=O) groups excluding carboxylic acids is 1. The number of thioether (sulfide) groups is 1. The molecular formula is C19H22BrNO2S. The Morgan fingerprint density at radius 2 is 1.83 bits per heavy atom. The van der Waals surface area contributed by atoms with Gasteiger partial charge >= 0.3 is 0 Å². The minimum atomic E-state index is 0.0458. The van der Waals surface area contributed by atoms with Crippen LogP contribution >= 0.6 is 27.7 Å². The van der Waals surface area contributed by atoms with E-state index in [1.807, 2.05) is 61.5 Å². The maximum Gasteiger partial charge on any atom is 0.221 e. The van der Waals surface area contributed by atoms with Gasteiger partial charge in [-0.15, -0.1) is 0 Å². The normalized spacial score (nSPS) is 11.8. The molecule has 0 spiro atoms. The second-order valence-corrected chi connectivity index (χ2v) is 7.51. The quantitative estimate of drug-likeness (QED) is 0.604. The van der Waals surface area contributed by atoms with Gasteiger partial charge in [-0.3, -0.25) is 4.79 Å². The van der Waals surface area contributed by atoms with Crippen molar-refractivity contribution in [2.75, 3.05) is 18.1 Å². The average Bonchev–Trinajstić information content (AvgIpc) is 2.60. The highest BCUT2D eigenvalue weighted by Crippen LogP contribution is 2.16. The molecule has 1 unspecified atom stereocenters. The Hall–Kier alpha value is -1.46. The fraction of sp³-hybridized carbons (Fsp3) is 0.316. The molecule has 3 nitrogen and oxygen atoms in total. The number of hydrogen-bond acceptors (Lipinski definition) is 3. The largest absolute Gasteiger partial charge is 0.493 e. The number of halogens is 1. The fourth-order valence-corrected chi connectivity index (χ4v) is 3.15. The number of rotatable bonds is 9. The molecule has 2 rings (SSSR count). The van der Waals surface area contributed by atoms with Crippen LogP contribution in [0.1, 0.15) is 24.9 Å². The van der Waals surface area contributed by atoms with E-state index < -0.39 is 0 Å². The maximum atomic E-state index is 12.0. The second kappa shape index (κ2) is 10.4. The van der Waals surface area contributed by atoms with Crippen molar-refractivity contribution in [2.24, 2.45) is 0 Å². The summed E-state index contributed by atoms with van der Waals surface area (Å²) in [6.45, 7) is 2.65. The van der Waals surface area contributed by atoms with Gasteiger partial charge in [0.25, 0.3) is 0 Å². The molecule has 128 valence electrons. The van der Waals surface area contributed by atoms with Gasteiger partial charge in [0, 0.05) is 22.4 Å². The predicted molar refractivity (Wildman–Crippen MR) is 105 cm³/mol. The van der Waals surface area contributed by atoms with Crippen LogP contribution in [0.5, 0.6) is 5.75 Å². The molecule has 1 N–H and O–H groups in total. The van der Waals surface area contributed by atoms with Gasteiger partial charge < -0.3 is 10.1 Å². The van der Waals surface area contributed by atoms with E-state index in [9.17, 15) is 4.79 Å². The molecule has 0 saturated carbocycles. The summed E-state index contributed by atoms with van der Waals surface area (Å²) in [4.78, 5) is 12.0. The smallest absolute Gasteiger partial charge is 0.221 e. The third-order valence-corrected chi connectivity index (χ3v) is 4.94. The average molecular weight is 408 g/mol. The Bertz CT molecular complexity index is 619. The monoisotopic (exact) mass is 407 g/mol. The first-order valence-electron chi connectivity index (χ1n) is 7.95. The Morgan fingerprint density at radius 1 is 1.12 bits per heavy atom. The number of ether oxygens (including phenoxy) is 1. The van der Waals surface area contributed by atoms with Crippen molar-refractivity contribution in [3.8, 4) is 5.75 Å². The SMILES string of the molecule is CC(NC(=O)CCSCCOc1ccc(Br)cc1)c1ccccc1. The summed E-state index contributed by atoms with van der Waals surface area (Å²) in [5, 5.41) is 3.03. The minimum Gasteiger partial charge on any atom is -0.493 e. The molecule has 0 bridgehead atoms. The van der Waals surface area contributed by atoms with E-state index in [0.29, 0.717) is 13.0 Å². The zero-order valence-electron chi connectivity index (χ0n) is 13.7. The van der Waals surface area contributed by atoms with Crippen LogP contribution in [0.4, 0.5) is 0 Å². The van der Waals surface area contributed by atoms with Crippen LogP contribution in [0.25, 0.3) is 0 Å². The molecule has 0 heterocycles. The lowest BCUT2D eigenvalue weighted by molar-refractivity contribution is -0.121. The summed E-state index contributed by atoms with van der Waals surface area (Å²) in [7, 11) is 0. The third-order valence-electron chi connectivity index (χ3n) is 3.46. The highest BCUT2D eigenvalue weighted by Gasteiger charge is 2.08. The lowest BCUT2D eigenvalue weighted by atomic mass is 10.1. The van der Waals surface area contributed by atoms with Crippen LogP contribution in [-0.4, -0.2) is 24.0 Å². The molecule has 0 aliphatic rings. The molecule has 0 radical (unpaired) electrons. The summed E-state index contributed by atoms with van der Waals surface area (Å²) in [5.41, 5.74) is 1.13. The molecule has 1 atom stereocenters. The van der Waals surface area contributed by atoms with Crippen LogP contribution in [0, 0.1) is 0 Å². The molecule has 0 aromatic heterocycles. The van der Waals surface area contributed by atoms with Crippen LogP contribution in [0.3, 0.4) is 0 Å². The summed E-state index contributed by atoms with van der Waals surface area (Å²) >= 11 is 5.13. The van der Waals surface area contributed by atoms with Crippen LogP contribution in [0.2, 0.25) is 0 Å². The minimum absolute atomic E-state index is 0.0458. The van der Waals surface area contributed by atoms with E-state index in [1.54, 1.807) is 11.8 Å². The van der Waals surface area contributed by atoms with Gasteiger partial charge in [0.1, 0.15) is 5.75 Å². The Kier molecular flexibility index (Phi) is 8.19. The van der Waals surface area contributed by atoms with Crippen molar-refractivity contribution in [2.45, 2.75) is 19.4 Å². The number of hydrogen-bond donors (Lipinski definition) is 1. The van der Waals surface area contributed by atoms with Gasteiger partial charge in [0.2, 0.25) is 5.91 Å². The van der Waals surface area contributed by atoms with Crippen molar-refractivity contribution in [3.63, 3.8) is 0 Å². The lowest BCUT2D eigenvalue weighted by Crippen LogP contribution is -2.26. The van der Waals surface area contributed by atoms with Crippen LogP contribution < -0.4 is 10.1 Å². The Balaban J connectivity index is 1.55. The van der Waals surface area contributed by atoms with Gasteiger partial charge in [-0.25, -0.2) is 0 Å². The molecule has 2 aromatic carbocycles. The van der Waals surface area contributed by atoms with Crippen molar-refractivity contribution >= 4 is 33.6 Å². The third kappa shape index (κ3) is 6.97. The highest BCUT2D eigenvalue weighted by molar-refractivity contribution is 9.10. The Labute approximate surface area is 156 Å². The molecule has 0 aliphatic carbocycles. The predicted octanol–water partition coefficient (Wildman–Crippen LogP) is 4.83. The van der Waals surface area contributed by atoms with E-state index in [4.69, 9.17) is 4.74 Å². The van der Waals surface area contributed by atoms with E-state index in [-0.39, 0.29) is 11.9 Å². The molecule has 0 saturated heterocycles. The van der Waals surface area contributed by atoms with Gasteiger partial charge in [0.05, 0.1) is 12.6 Å². The van der Waals surface area contributed by atoms with Crippen molar-refractivity contribution in [1.82, 2.24) is 5.32 Å². The number of benzene rings is 2. The summed E-state index contributed by atoms with van der Waals surface area (Å²) in [6, 6.07) is 17.8. The lowest BCUT2D eigenvalue weighted by Gasteiger charge is -2.14. The van der Waals surface area contributed by atoms with Crippen LogP contribution in [0.15, 0.2) is 59.1 Å². The number of nitrogens with one attached hydrogen (secondary N) is 1. The maximum absolute atomic E-state index is 12.0. The molecule has 5 heteroatoms. The molecule has 1 amide bonds. The topological polar surface area (TPSA) is 38.3 Å². The first kappa shape index (κ1) is 18.9. The van der Waals surface area contributed by atoms with Crippen molar-refractivity contribution < 1.29 is 9.53 Å². The van der Waals surface area contributed by atoms with E-state index >= 15 is 0 Å². The number of amides is 1. The summed E-state index contributed by atoms with van der Waals surface area (Å²) in [5.74, 6) is 2.63. The van der Waals surface area contributed by atoms with Crippen LogP contribution in [-0.2, 0) is 4.79 Å². The van der Waals surface area contributed by atoms with E-state index in [1.165, 1.54) is 0 Å². The first-order chi connectivity index (χ1) is 11.6. The van der Waals surface area contributed by atoms with Gasteiger partial charge in [-0.1, -0.05) is 46.3 Å². The van der Waals surface area contributed by atoms with Gasteiger partial charge in [-0.2, -0.15) is 11.8 Å². The Morgan fingerprint density at radius 3 is 2.54 bits per heavy atom. The summed E-state index contributed by atoms with van der Waals surface area (Å²) in [6.07, 6.45) is 0.528. The zero-order chi connectivity index (χ0) is 17.2. The molecule has 24 heavy (non-hydrogen) atoms. The molecule has 0 aliphatic heterocycles. The van der Waals surface area contributed by atoms with Gasteiger partial charge in [0.15, 0.2) is 0 Å². The van der Waals surface area contributed by atoms with E-state index in [0.717, 1.165) is 27.3 Å².